The van der Waals surface area contributed by atoms with Crippen molar-refractivity contribution in [2.75, 3.05) is 6.61 Å². The zero-order chi connectivity index (χ0) is 7.84. The van der Waals surface area contributed by atoms with Gasteiger partial charge in [-0.15, -0.1) is 0 Å². The highest BCUT2D eigenvalue weighted by Gasteiger charge is 2.37. The molecule has 2 unspecified atom stereocenters. The zero-order valence-corrected chi connectivity index (χ0v) is 6.67. The number of fused-ring (bicyclic) bond motifs is 1. The third kappa shape index (κ3) is 1.06. The lowest BCUT2D eigenvalue weighted by molar-refractivity contribution is -0.141. The predicted octanol–water partition coefficient (Wildman–Crippen LogP) is 1.52. The van der Waals surface area contributed by atoms with Gasteiger partial charge in [0.05, 0.1) is 12.5 Å². The van der Waals surface area contributed by atoms with E-state index in [0.29, 0.717) is 12.5 Å². The Labute approximate surface area is 66.2 Å². The molecule has 0 spiro atoms. The second kappa shape index (κ2) is 2.36. The second-order valence-corrected chi connectivity index (χ2v) is 3.49. The van der Waals surface area contributed by atoms with E-state index in [-0.39, 0.29) is 11.9 Å². The van der Waals surface area contributed by atoms with E-state index in [0.717, 1.165) is 12.8 Å². The maximum Gasteiger partial charge on any atom is 0.309 e. The number of cyclic esters (lactones) is 1. The lowest BCUT2D eigenvalue weighted by Crippen LogP contribution is -2.18. The summed E-state index contributed by atoms with van der Waals surface area (Å²) in [5, 5.41) is 0. The molecule has 0 saturated carbocycles. The van der Waals surface area contributed by atoms with Crippen LogP contribution in [0, 0.1) is 11.8 Å². The van der Waals surface area contributed by atoms with Crippen LogP contribution in [0.3, 0.4) is 0 Å². The molecule has 1 aliphatic heterocycles. The van der Waals surface area contributed by atoms with Crippen LogP contribution in [0.4, 0.5) is 0 Å². The van der Waals surface area contributed by atoms with Crippen LogP contribution in [-0.2, 0) is 9.53 Å². The molecule has 0 N–H and O–H groups in total. The Morgan fingerprint density at radius 3 is 3.27 bits per heavy atom. The highest BCUT2D eigenvalue weighted by Crippen LogP contribution is 2.34. The maximum atomic E-state index is 11.1. The molecular weight excluding hydrogens is 140 g/mol. The highest BCUT2D eigenvalue weighted by atomic mass is 16.5. The number of allylic oxidation sites excluding steroid dienone is 2. The van der Waals surface area contributed by atoms with E-state index in [1.54, 1.807) is 0 Å². The van der Waals surface area contributed by atoms with E-state index >= 15 is 0 Å². The van der Waals surface area contributed by atoms with Gasteiger partial charge in [0.1, 0.15) is 0 Å². The first-order chi connectivity index (χ1) is 5.27. The Kier molecular flexibility index (Phi) is 1.48. The molecule has 1 fully saturated rings. The molecule has 0 aromatic rings. The van der Waals surface area contributed by atoms with Gasteiger partial charge in [-0.2, -0.15) is 0 Å². The SMILES string of the molecule is CC1=CCC2COC(=O)C2C1. The third-order valence-electron chi connectivity index (χ3n) is 2.62. The molecule has 0 bridgehead atoms. The van der Waals surface area contributed by atoms with Crippen molar-refractivity contribution < 1.29 is 9.53 Å². The first kappa shape index (κ1) is 6.89. The third-order valence-corrected chi connectivity index (χ3v) is 2.62. The monoisotopic (exact) mass is 152 g/mol. The molecule has 0 aromatic carbocycles. The summed E-state index contributed by atoms with van der Waals surface area (Å²) in [4.78, 5) is 11.1. The van der Waals surface area contributed by atoms with Crippen LogP contribution in [0.1, 0.15) is 19.8 Å². The molecule has 11 heavy (non-hydrogen) atoms. The van der Waals surface area contributed by atoms with Crippen LogP contribution in [0.2, 0.25) is 0 Å². The fraction of sp³-hybridized carbons (Fsp3) is 0.667. The molecule has 1 saturated heterocycles. The average molecular weight is 152 g/mol. The van der Waals surface area contributed by atoms with Gasteiger partial charge in [-0.1, -0.05) is 11.6 Å². The molecule has 0 amide bonds. The van der Waals surface area contributed by atoms with Gasteiger partial charge < -0.3 is 4.74 Å². The van der Waals surface area contributed by atoms with Crippen molar-refractivity contribution in [2.24, 2.45) is 11.8 Å². The molecule has 2 nitrogen and oxygen atoms in total. The van der Waals surface area contributed by atoms with Gasteiger partial charge in [-0.25, -0.2) is 0 Å². The number of hydrogen-bond donors (Lipinski definition) is 0. The summed E-state index contributed by atoms with van der Waals surface area (Å²) in [6.45, 7) is 2.73. The first-order valence-electron chi connectivity index (χ1n) is 4.09. The standard InChI is InChI=1S/C9H12O2/c1-6-2-3-7-5-11-9(10)8(7)4-6/h2,7-8H,3-5H2,1H3. The van der Waals surface area contributed by atoms with Crippen molar-refractivity contribution in [3.63, 3.8) is 0 Å². The molecule has 2 atom stereocenters. The van der Waals surface area contributed by atoms with Gasteiger partial charge in [-0.3, -0.25) is 4.79 Å². The van der Waals surface area contributed by atoms with E-state index in [1.807, 2.05) is 0 Å². The van der Waals surface area contributed by atoms with E-state index < -0.39 is 0 Å². The van der Waals surface area contributed by atoms with E-state index in [2.05, 4.69) is 13.0 Å². The molecule has 1 heterocycles. The van der Waals surface area contributed by atoms with Crippen LogP contribution in [0.15, 0.2) is 11.6 Å². The minimum Gasteiger partial charge on any atom is -0.465 e. The number of esters is 1. The quantitative estimate of drug-likeness (QED) is 0.388. The largest absolute Gasteiger partial charge is 0.465 e. The Morgan fingerprint density at radius 1 is 1.64 bits per heavy atom. The fourth-order valence-corrected chi connectivity index (χ4v) is 1.87. The predicted molar refractivity (Wildman–Crippen MR) is 40.9 cm³/mol. The Hall–Kier alpha value is -0.790. The molecule has 0 radical (unpaired) electrons. The van der Waals surface area contributed by atoms with Gasteiger partial charge >= 0.3 is 5.97 Å². The Morgan fingerprint density at radius 2 is 2.45 bits per heavy atom. The summed E-state index contributed by atoms with van der Waals surface area (Å²) in [6, 6.07) is 0. The molecule has 60 valence electrons. The molecule has 2 rings (SSSR count). The minimum absolute atomic E-state index is 0.0162. The number of ether oxygens (including phenoxy) is 1. The summed E-state index contributed by atoms with van der Waals surface area (Å²) >= 11 is 0. The van der Waals surface area contributed by atoms with Crippen LogP contribution in [0.25, 0.3) is 0 Å². The van der Waals surface area contributed by atoms with Crippen LogP contribution in [-0.4, -0.2) is 12.6 Å². The van der Waals surface area contributed by atoms with Crippen molar-refractivity contribution in [1.29, 1.82) is 0 Å². The normalized spacial score (nSPS) is 36.1. The number of rotatable bonds is 0. The van der Waals surface area contributed by atoms with Crippen molar-refractivity contribution in [3.8, 4) is 0 Å². The highest BCUT2D eigenvalue weighted by molar-refractivity contribution is 5.75. The van der Waals surface area contributed by atoms with E-state index in [1.165, 1.54) is 5.57 Å². The topological polar surface area (TPSA) is 26.3 Å². The molecular formula is C9H12O2. The molecule has 2 heteroatoms. The maximum absolute atomic E-state index is 11.1. The summed E-state index contributed by atoms with van der Waals surface area (Å²) in [7, 11) is 0. The van der Waals surface area contributed by atoms with Crippen molar-refractivity contribution in [1.82, 2.24) is 0 Å². The van der Waals surface area contributed by atoms with Gasteiger partial charge in [0, 0.05) is 5.92 Å². The van der Waals surface area contributed by atoms with Gasteiger partial charge in [-0.05, 0) is 19.8 Å². The summed E-state index contributed by atoms with van der Waals surface area (Å²) in [5.74, 6) is 0.675. The summed E-state index contributed by atoms with van der Waals surface area (Å²) in [5.41, 5.74) is 1.34. The van der Waals surface area contributed by atoms with Crippen LogP contribution < -0.4 is 0 Å². The number of hydrogen-bond acceptors (Lipinski definition) is 2. The zero-order valence-electron chi connectivity index (χ0n) is 6.67. The smallest absolute Gasteiger partial charge is 0.309 e. The van der Waals surface area contributed by atoms with Crippen molar-refractivity contribution >= 4 is 5.97 Å². The first-order valence-corrected chi connectivity index (χ1v) is 4.09. The van der Waals surface area contributed by atoms with Crippen molar-refractivity contribution in [2.45, 2.75) is 19.8 Å². The Bertz CT molecular complexity index is 218. The molecule has 2 aliphatic rings. The second-order valence-electron chi connectivity index (χ2n) is 3.49. The minimum atomic E-state index is 0.0162. The average Bonchev–Trinajstić information content (AvgIpc) is 2.33. The fourth-order valence-electron chi connectivity index (χ4n) is 1.87. The molecule has 0 aromatic heterocycles. The van der Waals surface area contributed by atoms with Gasteiger partial charge in [0.25, 0.3) is 0 Å². The molecule has 1 aliphatic carbocycles. The van der Waals surface area contributed by atoms with E-state index in [4.69, 9.17) is 4.74 Å². The van der Waals surface area contributed by atoms with Crippen LogP contribution in [0.5, 0.6) is 0 Å². The lowest BCUT2D eigenvalue weighted by Gasteiger charge is -2.18. The summed E-state index contributed by atoms with van der Waals surface area (Å²) in [6.07, 6.45) is 4.18. The van der Waals surface area contributed by atoms with Crippen molar-refractivity contribution in [3.05, 3.63) is 11.6 Å². The van der Waals surface area contributed by atoms with Crippen LogP contribution >= 0.6 is 0 Å². The van der Waals surface area contributed by atoms with Gasteiger partial charge in [0.2, 0.25) is 0 Å². The van der Waals surface area contributed by atoms with E-state index in [9.17, 15) is 4.79 Å². The van der Waals surface area contributed by atoms with Gasteiger partial charge in [0.15, 0.2) is 0 Å². The number of carbonyl (C=O) groups is 1. The number of carbonyl (C=O) groups excluding carboxylic acids is 1. The Balaban J connectivity index is 2.17. The lowest BCUT2D eigenvalue weighted by atomic mass is 9.82. The summed E-state index contributed by atoms with van der Waals surface area (Å²) < 4.78 is 4.98.